The van der Waals surface area contributed by atoms with Crippen molar-refractivity contribution in [3.63, 3.8) is 0 Å². The minimum Gasteiger partial charge on any atom is -0.370 e. The van der Waals surface area contributed by atoms with Crippen LogP contribution in [0.2, 0.25) is 5.28 Å². The van der Waals surface area contributed by atoms with Gasteiger partial charge in [0.15, 0.2) is 5.82 Å². The third-order valence-electron chi connectivity index (χ3n) is 4.90. The van der Waals surface area contributed by atoms with E-state index in [1.165, 1.54) is 10.6 Å². The average molecular weight is 445 g/mol. The van der Waals surface area contributed by atoms with Gasteiger partial charge in [0.2, 0.25) is 5.28 Å². The Kier molecular flexibility index (Phi) is 8.28. The van der Waals surface area contributed by atoms with Crippen molar-refractivity contribution in [1.29, 1.82) is 0 Å². The Morgan fingerprint density at radius 1 is 1.40 bits per heavy atom. The average Bonchev–Trinajstić information content (AvgIpc) is 3.47. The molecule has 160 valence electrons. The van der Waals surface area contributed by atoms with Gasteiger partial charge in [-0.1, -0.05) is 32.6 Å². The van der Waals surface area contributed by atoms with E-state index >= 15 is 0 Å². The fourth-order valence-corrected chi connectivity index (χ4v) is 4.23. The summed E-state index contributed by atoms with van der Waals surface area (Å²) in [5, 5.41) is 5.46. The van der Waals surface area contributed by atoms with E-state index in [0.717, 1.165) is 69.0 Å². The summed E-state index contributed by atoms with van der Waals surface area (Å²) in [6, 6.07) is 4.20. The van der Waals surface area contributed by atoms with Crippen LogP contribution in [0.5, 0.6) is 0 Å². The quantitative estimate of drug-likeness (QED) is 0.420. The molecule has 2 aromatic rings. The van der Waals surface area contributed by atoms with E-state index in [9.17, 15) is 0 Å². The highest BCUT2D eigenvalue weighted by atomic mass is 35.5. The van der Waals surface area contributed by atoms with Crippen molar-refractivity contribution in [3.8, 4) is 0 Å². The predicted octanol–water partition coefficient (Wildman–Crippen LogP) is 5.63. The molecular formula is C22H29ClN6S. The number of amidine groups is 1. The number of rotatable bonds is 13. The van der Waals surface area contributed by atoms with E-state index in [1.54, 1.807) is 17.5 Å². The number of thiophene rings is 1. The first kappa shape index (κ1) is 22.3. The summed E-state index contributed by atoms with van der Waals surface area (Å²) >= 11 is 7.83. The monoisotopic (exact) mass is 444 g/mol. The van der Waals surface area contributed by atoms with Crippen molar-refractivity contribution >= 4 is 46.0 Å². The normalized spacial score (nSPS) is 13.1. The Morgan fingerprint density at radius 2 is 2.23 bits per heavy atom. The summed E-state index contributed by atoms with van der Waals surface area (Å²) in [5.41, 5.74) is 2.85. The van der Waals surface area contributed by atoms with Crippen molar-refractivity contribution in [1.82, 2.24) is 14.9 Å². The number of anilines is 1. The molecule has 6 nitrogen and oxygen atoms in total. The molecule has 0 unspecified atom stereocenters. The first-order valence-corrected chi connectivity index (χ1v) is 11.6. The van der Waals surface area contributed by atoms with Crippen LogP contribution in [0.15, 0.2) is 46.9 Å². The van der Waals surface area contributed by atoms with Crippen LogP contribution >= 0.6 is 22.9 Å². The zero-order valence-corrected chi connectivity index (χ0v) is 19.0. The number of aromatic amines is 1. The zero-order valence-electron chi connectivity index (χ0n) is 17.5. The summed E-state index contributed by atoms with van der Waals surface area (Å²) in [6.07, 6.45) is 6.58. The number of unbranched alkanes of at least 4 members (excludes halogenated alkanes) is 1. The van der Waals surface area contributed by atoms with Crippen LogP contribution in [0.3, 0.4) is 0 Å². The molecule has 0 radical (unpaired) electrons. The van der Waals surface area contributed by atoms with E-state index in [1.807, 2.05) is 0 Å². The molecule has 2 N–H and O–H groups in total. The van der Waals surface area contributed by atoms with Crippen molar-refractivity contribution in [2.75, 3.05) is 25.0 Å². The number of hydrogen-bond acceptors (Lipinski definition) is 6. The van der Waals surface area contributed by atoms with E-state index in [2.05, 4.69) is 62.8 Å². The number of aromatic nitrogens is 2. The first-order valence-electron chi connectivity index (χ1n) is 10.3. The lowest BCUT2D eigenvalue weighted by atomic mass is 10.1. The van der Waals surface area contributed by atoms with Gasteiger partial charge in [0, 0.05) is 30.1 Å². The highest BCUT2D eigenvalue weighted by Gasteiger charge is 2.18. The molecule has 0 aliphatic carbocycles. The zero-order chi connectivity index (χ0) is 21.3. The van der Waals surface area contributed by atoms with E-state index in [-0.39, 0.29) is 0 Å². The molecule has 0 saturated heterocycles. The fraction of sp³-hybridized carbons (Fsp3) is 0.409. The molecule has 3 rings (SSSR count). The minimum atomic E-state index is 0.335. The molecule has 2 aromatic heterocycles. The summed E-state index contributed by atoms with van der Waals surface area (Å²) in [6.45, 7) is 12.8. The second kappa shape index (κ2) is 11.1. The number of hydrogen-bond donors (Lipinski definition) is 2. The second-order valence-corrected chi connectivity index (χ2v) is 8.55. The van der Waals surface area contributed by atoms with E-state index in [0.29, 0.717) is 11.1 Å². The topological polar surface area (TPSA) is 68.7 Å². The molecule has 30 heavy (non-hydrogen) atoms. The summed E-state index contributed by atoms with van der Waals surface area (Å²) < 4.78 is 0. The Labute approximate surface area is 187 Å². The highest BCUT2D eigenvalue weighted by molar-refractivity contribution is 7.10. The maximum absolute atomic E-state index is 6.08. The van der Waals surface area contributed by atoms with Crippen LogP contribution < -0.4 is 5.32 Å². The molecular weight excluding hydrogens is 416 g/mol. The standard InChI is InChI=1S/C22H29ClN6S/c1-4-6-11-29(16(3)20-21(24-5-2)28-22(23)27-20)12-7-9-17-15-25-19(26-17)14-18-10-8-13-30-18/h5,8,10,13,24H,2-4,6-7,9,11-12,14-15H2,1H3,(H,27,28). The molecule has 0 saturated carbocycles. The molecule has 0 spiro atoms. The largest absolute Gasteiger partial charge is 0.370 e. The van der Waals surface area contributed by atoms with Crippen LogP contribution in [0.4, 0.5) is 5.82 Å². The van der Waals surface area contributed by atoms with Gasteiger partial charge in [0.1, 0.15) is 11.5 Å². The van der Waals surface area contributed by atoms with Gasteiger partial charge >= 0.3 is 0 Å². The maximum Gasteiger partial charge on any atom is 0.202 e. The molecule has 0 bridgehead atoms. The second-order valence-electron chi connectivity index (χ2n) is 7.16. The van der Waals surface area contributed by atoms with Crippen LogP contribution in [-0.4, -0.2) is 46.0 Å². The van der Waals surface area contributed by atoms with Gasteiger partial charge in [-0.25, -0.2) is 4.99 Å². The number of nitrogens with one attached hydrogen (secondary N) is 2. The molecule has 0 amide bonds. The highest BCUT2D eigenvalue weighted by Crippen LogP contribution is 2.26. The molecule has 0 fully saturated rings. The van der Waals surface area contributed by atoms with Crippen molar-refractivity contribution in [3.05, 3.63) is 52.7 Å². The molecule has 3 heterocycles. The molecule has 0 atom stereocenters. The van der Waals surface area contributed by atoms with Gasteiger partial charge in [-0.3, -0.25) is 4.99 Å². The van der Waals surface area contributed by atoms with E-state index in [4.69, 9.17) is 16.6 Å². The Bertz CT molecular complexity index is 912. The Hall–Kier alpha value is -2.38. The first-order chi connectivity index (χ1) is 14.6. The lowest BCUT2D eigenvalue weighted by molar-refractivity contribution is 0.383. The SMILES string of the molecule is C=CNc1nc(Cl)[nH]c1C(=C)N(CCCC)CCCC1=NC(Cc2cccs2)=NC1. The number of halogens is 1. The van der Waals surface area contributed by atoms with Crippen molar-refractivity contribution in [2.24, 2.45) is 9.98 Å². The predicted molar refractivity (Wildman–Crippen MR) is 130 cm³/mol. The number of H-pyrrole nitrogens is 1. The number of nitrogens with zero attached hydrogens (tertiary/aromatic N) is 4. The molecule has 1 aliphatic heterocycles. The lowest BCUT2D eigenvalue weighted by Crippen LogP contribution is -2.25. The third-order valence-corrected chi connectivity index (χ3v) is 5.96. The molecule has 0 aromatic carbocycles. The third kappa shape index (κ3) is 6.06. The van der Waals surface area contributed by atoms with Crippen molar-refractivity contribution in [2.45, 2.75) is 39.0 Å². The van der Waals surface area contributed by atoms with Gasteiger partial charge in [0.05, 0.1) is 12.2 Å². The summed E-state index contributed by atoms with van der Waals surface area (Å²) in [7, 11) is 0. The van der Waals surface area contributed by atoms with Crippen LogP contribution in [0.1, 0.15) is 43.2 Å². The number of aliphatic imine (C=N–C) groups is 2. The van der Waals surface area contributed by atoms with E-state index < -0.39 is 0 Å². The van der Waals surface area contributed by atoms with Crippen LogP contribution in [-0.2, 0) is 6.42 Å². The van der Waals surface area contributed by atoms with Gasteiger partial charge in [-0.05, 0) is 48.5 Å². The minimum absolute atomic E-state index is 0.335. The Balaban J connectivity index is 1.56. The summed E-state index contributed by atoms with van der Waals surface area (Å²) in [5.74, 6) is 1.60. The maximum atomic E-state index is 6.08. The fourth-order valence-electron chi connectivity index (χ4n) is 3.35. The van der Waals surface area contributed by atoms with Gasteiger partial charge in [-0.15, -0.1) is 11.3 Å². The number of imidazole rings is 1. The van der Waals surface area contributed by atoms with Crippen LogP contribution in [0, 0.1) is 0 Å². The Morgan fingerprint density at radius 3 is 2.97 bits per heavy atom. The van der Waals surface area contributed by atoms with Gasteiger partial charge < -0.3 is 15.2 Å². The smallest absolute Gasteiger partial charge is 0.202 e. The van der Waals surface area contributed by atoms with Gasteiger partial charge in [-0.2, -0.15) is 4.98 Å². The van der Waals surface area contributed by atoms with Crippen molar-refractivity contribution < 1.29 is 0 Å². The molecule has 1 aliphatic rings. The lowest BCUT2D eigenvalue weighted by Gasteiger charge is -2.26. The van der Waals surface area contributed by atoms with Crippen LogP contribution in [0.25, 0.3) is 5.70 Å². The summed E-state index contributed by atoms with van der Waals surface area (Å²) in [4.78, 5) is 20.3. The molecule has 8 heteroatoms. The van der Waals surface area contributed by atoms with Gasteiger partial charge in [0.25, 0.3) is 0 Å².